The Morgan fingerprint density at radius 1 is 1.23 bits per heavy atom. The minimum atomic E-state index is -0.762. The second kappa shape index (κ2) is 7.17. The minimum Gasteiger partial charge on any atom is -0.465 e. The molecule has 1 atom stereocenters. The molecule has 0 fully saturated rings. The van der Waals surface area contributed by atoms with E-state index < -0.39 is 11.5 Å². The second-order valence-electron chi connectivity index (χ2n) is 5.80. The van der Waals surface area contributed by atoms with Gasteiger partial charge in [0.1, 0.15) is 11.4 Å². The van der Waals surface area contributed by atoms with E-state index in [2.05, 4.69) is 10.3 Å². The summed E-state index contributed by atoms with van der Waals surface area (Å²) < 4.78 is 17.9. The third kappa shape index (κ3) is 3.41. The molecule has 0 saturated carbocycles. The molecule has 0 amide bonds. The predicted molar refractivity (Wildman–Crippen MR) is 99.4 cm³/mol. The van der Waals surface area contributed by atoms with Crippen LogP contribution in [0.4, 0.5) is 10.1 Å². The smallest absolute Gasteiger partial charge is 0.345 e. The largest absolute Gasteiger partial charge is 0.465 e. The summed E-state index contributed by atoms with van der Waals surface area (Å²) in [4.78, 5) is 27.3. The highest BCUT2D eigenvalue weighted by Crippen LogP contribution is 2.30. The van der Waals surface area contributed by atoms with E-state index in [-0.39, 0.29) is 17.4 Å². The van der Waals surface area contributed by atoms with Crippen LogP contribution in [0.2, 0.25) is 5.02 Å². The molecule has 0 aliphatic heterocycles. The fraction of sp³-hybridized carbons (Fsp3) is 0.158. The summed E-state index contributed by atoms with van der Waals surface area (Å²) in [5.41, 5.74) is 0.921. The average Bonchev–Trinajstić information content (AvgIpc) is 2.62. The van der Waals surface area contributed by atoms with Gasteiger partial charge in [0.25, 0.3) is 5.56 Å². The Hall–Kier alpha value is -2.86. The molecule has 2 aromatic carbocycles. The van der Waals surface area contributed by atoms with Crippen LogP contribution < -0.4 is 10.9 Å². The molecular formula is C19H16ClFN2O3. The Morgan fingerprint density at radius 2 is 1.92 bits per heavy atom. The molecule has 0 radical (unpaired) electrons. The first-order valence-corrected chi connectivity index (χ1v) is 8.24. The summed E-state index contributed by atoms with van der Waals surface area (Å²) in [5.74, 6) is -1.11. The summed E-state index contributed by atoms with van der Waals surface area (Å²) >= 11 is 6.09. The van der Waals surface area contributed by atoms with Crippen molar-refractivity contribution in [3.8, 4) is 0 Å². The van der Waals surface area contributed by atoms with Crippen LogP contribution in [-0.4, -0.2) is 18.1 Å². The molecule has 2 N–H and O–H groups in total. The maximum absolute atomic E-state index is 13.2. The number of pyridine rings is 1. The number of carbonyl (C=O) groups excluding carboxylic acids is 1. The van der Waals surface area contributed by atoms with Gasteiger partial charge < -0.3 is 15.0 Å². The summed E-state index contributed by atoms with van der Waals surface area (Å²) in [5, 5.41) is 4.20. The van der Waals surface area contributed by atoms with Gasteiger partial charge in [-0.25, -0.2) is 9.18 Å². The zero-order valence-corrected chi connectivity index (χ0v) is 14.9. The Morgan fingerprint density at radius 3 is 2.58 bits per heavy atom. The van der Waals surface area contributed by atoms with Gasteiger partial charge >= 0.3 is 5.97 Å². The van der Waals surface area contributed by atoms with Crippen LogP contribution in [0.25, 0.3) is 10.9 Å². The van der Waals surface area contributed by atoms with Gasteiger partial charge in [-0.1, -0.05) is 23.7 Å². The highest BCUT2D eigenvalue weighted by Gasteiger charge is 2.22. The summed E-state index contributed by atoms with van der Waals surface area (Å²) in [6, 6.07) is 10.6. The number of fused-ring (bicyclic) bond motifs is 1. The molecule has 0 aliphatic rings. The van der Waals surface area contributed by atoms with Gasteiger partial charge in [-0.05, 0) is 42.8 Å². The van der Waals surface area contributed by atoms with Crippen LogP contribution >= 0.6 is 11.6 Å². The zero-order valence-electron chi connectivity index (χ0n) is 14.1. The van der Waals surface area contributed by atoms with Crippen molar-refractivity contribution in [1.82, 2.24) is 4.98 Å². The lowest BCUT2D eigenvalue weighted by atomic mass is 10.0. The average molecular weight is 375 g/mol. The number of H-pyrrole nitrogens is 1. The summed E-state index contributed by atoms with van der Waals surface area (Å²) in [7, 11) is 1.21. The van der Waals surface area contributed by atoms with Crippen molar-refractivity contribution >= 4 is 34.2 Å². The number of aromatic nitrogens is 1. The molecule has 3 rings (SSSR count). The standard InChI is InChI=1S/C19H16ClFN2O3/c1-10(11-3-6-13(21)7-4-11)22-17-14-9-12(20)5-8-15(14)23-18(24)16(17)19(25)26-2/h3-10H,1-2H3,(H2,22,23,24)/t10-/m1/s1. The van der Waals surface area contributed by atoms with Gasteiger partial charge in [-0.15, -0.1) is 0 Å². The highest BCUT2D eigenvalue weighted by atomic mass is 35.5. The number of nitrogens with one attached hydrogen (secondary N) is 2. The number of carbonyl (C=O) groups is 1. The van der Waals surface area contributed by atoms with Crippen LogP contribution in [-0.2, 0) is 4.74 Å². The van der Waals surface area contributed by atoms with Crippen molar-refractivity contribution in [3.63, 3.8) is 0 Å². The maximum atomic E-state index is 13.2. The van der Waals surface area contributed by atoms with E-state index in [0.29, 0.717) is 21.6 Å². The molecule has 134 valence electrons. The van der Waals surface area contributed by atoms with E-state index in [9.17, 15) is 14.0 Å². The van der Waals surface area contributed by atoms with Gasteiger partial charge in [0.2, 0.25) is 0 Å². The van der Waals surface area contributed by atoms with Gasteiger partial charge in [-0.3, -0.25) is 4.79 Å². The molecule has 3 aromatic rings. The molecule has 26 heavy (non-hydrogen) atoms. The first-order chi connectivity index (χ1) is 12.4. The van der Waals surface area contributed by atoms with Crippen molar-refractivity contribution in [1.29, 1.82) is 0 Å². The predicted octanol–water partition coefficient (Wildman–Crippen LogP) is 4.28. The fourth-order valence-corrected chi connectivity index (χ4v) is 2.94. The van der Waals surface area contributed by atoms with Gasteiger partial charge in [0, 0.05) is 16.5 Å². The molecule has 0 unspecified atom stereocenters. The molecule has 0 saturated heterocycles. The molecule has 0 spiro atoms. The molecule has 5 nitrogen and oxygen atoms in total. The lowest BCUT2D eigenvalue weighted by molar-refractivity contribution is 0.0600. The number of methoxy groups -OCH3 is 1. The number of halogens is 2. The van der Waals surface area contributed by atoms with E-state index in [4.69, 9.17) is 16.3 Å². The Balaban J connectivity index is 2.17. The van der Waals surface area contributed by atoms with E-state index in [1.165, 1.54) is 19.2 Å². The van der Waals surface area contributed by atoms with E-state index >= 15 is 0 Å². The van der Waals surface area contributed by atoms with Crippen LogP contribution in [0.15, 0.2) is 47.3 Å². The minimum absolute atomic E-state index is 0.142. The van der Waals surface area contributed by atoms with Crippen molar-refractivity contribution in [2.45, 2.75) is 13.0 Å². The monoisotopic (exact) mass is 374 g/mol. The quantitative estimate of drug-likeness (QED) is 0.669. The van der Waals surface area contributed by atoms with Crippen molar-refractivity contribution in [2.24, 2.45) is 0 Å². The van der Waals surface area contributed by atoms with E-state index in [1.54, 1.807) is 30.3 Å². The van der Waals surface area contributed by atoms with Crippen molar-refractivity contribution in [3.05, 3.63) is 74.8 Å². The molecule has 0 aliphatic carbocycles. The van der Waals surface area contributed by atoms with Gasteiger partial charge in [-0.2, -0.15) is 0 Å². The summed E-state index contributed by atoms with van der Waals surface area (Å²) in [6.45, 7) is 1.84. The first-order valence-electron chi connectivity index (χ1n) is 7.86. The molecule has 1 heterocycles. The highest BCUT2D eigenvalue weighted by molar-refractivity contribution is 6.31. The SMILES string of the molecule is COC(=O)c1c(N[C@H](C)c2ccc(F)cc2)c2cc(Cl)ccc2[nH]c1=O. The van der Waals surface area contributed by atoms with Gasteiger partial charge in [0.05, 0.1) is 18.3 Å². The van der Waals surface area contributed by atoms with Gasteiger partial charge in [0.15, 0.2) is 0 Å². The van der Waals surface area contributed by atoms with E-state index in [0.717, 1.165) is 5.56 Å². The van der Waals surface area contributed by atoms with Crippen LogP contribution in [0.3, 0.4) is 0 Å². The van der Waals surface area contributed by atoms with Crippen molar-refractivity contribution < 1.29 is 13.9 Å². The number of hydrogen-bond donors (Lipinski definition) is 2. The Kier molecular flexibility index (Phi) is 4.95. The third-order valence-corrected chi connectivity index (χ3v) is 4.33. The molecule has 1 aromatic heterocycles. The first kappa shape index (κ1) is 17.9. The lowest BCUT2D eigenvalue weighted by Crippen LogP contribution is -2.23. The maximum Gasteiger partial charge on any atom is 0.345 e. The van der Waals surface area contributed by atoms with E-state index in [1.807, 2.05) is 6.92 Å². The number of rotatable bonds is 4. The van der Waals surface area contributed by atoms with Crippen molar-refractivity contribution in [2.75, 3.05) is 12.4 Å². The molecule has 7 heteroatoms. The number of ether oxygens (including phenoxy) is 1. The van der Waals surface area contributed by atoms with Crippen LogP contribution in [0.5, 0.6) is 0 Å². The Bertz CT molecular complexity index is 1030. The number of anilines is 1. The second-order valence-corrected chi connectivity index (χ2v) is 6.24. The molecular weight excluding hydrogens is 359 g/mol. The normalized spacial score (nSPS) is 12.0. The topological polar surface area (TPSA) is 71.2 Å². The lowest BCUT2D eigenvalue weighted by Gasteiger charge is -2.19. The number of hydrogen-bond acceptors (Lipinski definition) is 4. The number of benzene rings is 2. The number of esters is 1. The summed E-state index contributed by atoms with van der Waals surface area (Å²) in [6.07, 6.45) is 0. The zero-order chi connectivity index (χ0) is 18.8. The molecule has 0 bridgehead atoms. The van der Waals surface area contributed by atoms with Crippen LogP contribution in [0.1, 0.15) is 28.9 Å². The Labute approximate surface area is 153 Å². The van der Waals surface area contributed by atoms with Crippen LogP contribution in [0, 0.1) is 5.82 Å². The third-order valence-electron chi connectivity index (χ3n) is 4.10. The number of aromatic amines is 1. The fourth-order valence-electron chi connectivity index (χ4n) is 2.76.